The Hall–Kier alpha value is -1.64. The van der Waals surface area contributed by atoms with Crippen LogP contribution in [-0.2, 0) is 17.1 Å². The molecule has 0 atom stereocenters. The molecule has 0 bridgehead atoms. The van der Waals surface area contributed by atoms with E-state index in [-0.39, 0.29) is 10.5 Å². The van der Waals surface area contributed by atoms with Crippen LogP contribution in [0.2, 0.25) is 0 Å². The zero-order valence-corrected chi connectivity index (χ0v) is 12.5. The second kappa shape index (κ2) is 5.28. The van der Waals surface area contributed by atoms with Gasteiger partial charge in [0.25, 0.3) is 0 Å². The third kappa shape index (κ3) is 2.50. The summed E-state index contributed by atoms with van der Waals surface area (Å²) < 4.78 is 33.2. The predicted molar refractivity (Wildman–Crippen MR) is 77.7 cm³/mol. The number of rotatable bonds is 2. The number of aromatic nitrogens is 1. The largest absolute Gasteiger partial charge is 0.419 e. The molecule has 21 heavy (non-hydrogen) atoms. The lowest BCUT2D eigenvalue weighted by Gasteiger charge is -2.19. The molecule has 0 spiro atoms. The molecular weight excluding hydrogens is 294 g/mol. The Morgan fingerprint density at radius 1 is 1.24 bits per heavy atom. The van der Waals surface area contributed by atoms with E-state index < -0.39 is 15.8 Å². The molecule has 1 aromatic heterocycles. The van der Waals surface area contributed by atoms with Gasteiger partial charge in [0.2, 0.25) is 10.0 Å². The van der Waals surface area contributed by atoms with Crippen LogP contribution < -0.4 is 11.1 Å². The number of fused-ring (bicyclic) bond motifs is 1. The normalized spacial score (nSPS) is 18.0. The predicted octanol–water partition coefficient (Wildman–Crippen LogP) is 0.115. The molecule has 1 aromatic carbocycles. The van der Waals surface area contributed by atoms with Crippen molar-refractivity contribution in [3.05, 3.63) is 28.7 Å². The van der Waals surface area contributed by atoms with Crippen LogP contribution in [0, 0.1) is 0 Å². The van der Waals surface area contributed by atoms with Crippen LogP contribution in [0.3, 0.4) is 0 Å². The minimum atomic E-state index is -3.56. The van der Waals surface area contributed by atoms with E-state index in [4.69, 9.17) is 4.42 Å². The standard InChI is InChI=1S/C13H17N3O4S/c1-15-11-4-3-10(9-12(11)20-13(15)17)21(18,19)16-7-2-5-14-6-8-16/h3-4,9,14H,2,5-8H2,1H3. The van der Waals surface area contributed by atoms with Crippen LogP contribution >= 0.6 is 0 Å². The first-order valence-electron chi connectivity index (χ1n) is 6.80. The topological polar surface area (TPSA) is 84.5 Å². The van der Waals surface area contributed by atoms with E-state index in [0.29, 0.717) is 25.2 Å². The molecule has 0 saturated carbocycles. The third-order valence-corrected chi connectivity index (χ3v) is 5.60. The van der Waals surface area contributed by atoms with Crippen LogP contribution in [0.25, 0.3) is 11.1 Å². The Kier molecular flexibility index (Phi) is 3.60. The van der Waals surface area contributed by atoms with Crippen molar-refractivity contribution in [2.24, 2.45) is 7.05 Å². The SMILES string of the molecule is Cn1c(=O)oc2cc(S(=O)(=O)N3CCCNCC3)ccc21. The molecule has 1 fully saturated rings. The van der Waals surface area contributed by atoms with Gasteiger partial charge in [0, 0.05) is 32.7 Å². The molecule has 3 rings (SSSR count). The Balaban J connectivity index is 2.03. The summed E-state index contributed by atoms with van der Waals surface area (Å²) in [5.41, 5.74) is 0.869. The molecular formula is C13H17N3O4S. The van der Waals surface area contributed by atoms with Crippen molar-refractivity contribution in [2.75, 3.05) is 26.2 Å². The van der Waals surface area contributed by atoms with Gasteiger partial charge in [0.1, 0.15) is 0 Å². The maximum atomic E-state index is 12.6. The minimum Gasteiger partial charge on any atom is -0.408 e. The summed E-state index contributed by atoms with van der Waals surface area (Å²) in [5, 5.41) is 3.17. The van der Waals surface area contributed by atoms with Gasteiger partial charge in [-0.15, -0.1) is 0 Å². The minimum absolute atomic E-state index is 0.159. The molecule has 1 aliphatic rings. The van der Waals surface area contributed by atoms with E-state index in [1.165, 1.54) is 21.0 Å². The van der Waals surface area contributed by atoms with Gasteiger partial charge in [0.05, 0.1) is 10.4 Å². The van der Waals surface area contributed by atoms with Crippen LogP contribution in [0.1, 0.15) is 6.42 Å². The number of sulfonamides is 1. The summed E-state index contributed by atoms with van der Waals surface area (Å²) in [7, 11) is -1.97. The second-order valence-electron chi connectivity index (χ2n) is 5.06. The molecule has 1 N–H and O–H groups in total. The molecule has 0 aliphatic carbocycles. The number of hydrogen-bond donors (Lipinski definition) is 1. The number of nitrogens with one attached hydrogen (secondary N) is 1. The first-order valence-corrected chi connectivity index (χ1v) is 8.24. The second-order valence-corrected chi connectivity index (χ2v) is 7.00. The van der Waals surface area contributed by atoms with E-state index >= 15 is 0 Å². The van der Waals surface area contributed by atoms with Gasteiger partial charge in [-0.3, -0.25) is 4.57 Å². The summed E-state index contributed by atoms with van der Waals surface area (Å²) in [4.78, 5) is 11.6. The van der Waals surface area contributed by atoms with Gasteiger partial charge in [-0.25, -0.2) is 13.2 Å². The molecule has 114 valence electrons. The Bertz CT molecular complexity index is 814. The van der Waals surface area contributed by atoms with Crippen molar-refractivity contribution in [3.63, 3.8) is 0 Å². The van der Waals surface area contributed by atoms with Crippen molar-refractivity contribution in [1.82, 2.24) is 14.2 Å². The molecule has 7 nitrogen and oxygen atoms in total. The highest BCUT2D eigenvalue weighted by molar-refractivity contribution is 7.89. The van der Waals surface area contributed by atoms with Crippen molar-refractivity contribution in [2.45, 2.75) is 11.3 Å². The van der Waals surface area contributed by atoms with Gasteiger partial charge in [-0.05, 0) is 25.1 Å². The lowest BCUT2D eigenvalue weighted by atomic mass is 10.3. The molecule has 0 unspecified atom stereocenters. The third-order valence-electron chi connectivity index (χ3n) is 3.70. The maximum Gasteiger partial charge on any atom is 0.419 e. The number of oxazole rings is 1. The quantitative estimate of drug-likeness (QED) is 0.851. The highest BCUT2D eigenvalue weighted by Crippen LogP contribution is 2.21. The van der Waals surface area contributed by atoms with Gasteiger partial charge < -0.3 is 9.73 Å². The molecule has 2 heterocycles. The number of aryl methyl sites for hydroxylation is 1. The average molecular weight is 311 g/mol. The van der Waals surface area contributed by atoms with E-state index in [0.717, 1.165) is 13.0 Å². The van der Waals surface area contributed by atoms with Gasteiger partial charge >= 0.3 is 5.76 Å². The van der Waals surface area contributed by atoms with E-state index in [2.05, 4.69) is 5.32 Å². The Labute approximate surface area is 122 Å². The molecule has 1 aliphatic heterocycles. The van der Waals surface area contributed by atoms with Crippen molar-refractivity contribution >= 4 is 21.1 Å². The smallest absolute Gasteiger partial charge is 0.408 e. The van der Waals surface area contributed by atoms with E-state index in [1.54, 1.807) is 13.1 Å². The summed E-state index contributed by atoms with van der Waals surface area (Å²) in [6, 6.07) is 4.54. The molecule has 8 heteroatoms. The fourth-order valence-electron chi connectivity index (χ4n) is 2.49. The summed E-state index contributed by atoms with van der Waals surface area (Å²) >= 11 is 0. The van der Waals surface area contributed by atoms with Gasteiger partial charge in [-0.2, -0.15) is 4.31 Å². The summed E-state index contributed by atoms with van der Waals surface area (Å²) in [5.74, 6) is -0.501. The zero-order valence-electron chi connectivity index (χ0n) is 11.7. The summed E-state index contributed by atoms with van der Waals surface area (Å²) in [6.45, 7) is 2.39. The average Bonchev–Trinajstić information content (AvgIpc) is 2.67. The molecule has 0 radical (unpaired) electrons. The van der Waals surface area contributed by atoms with Crippen LogP contribution in [0.5, 0.6) is 0 Å². The highest BCUT2D eigenvalue weighted by atomic mass is 32.2. The van der Waals surface area contributed by atoms with Crippen LogP contribution in [-0.4, -0.2) is 43.5 Å². The summed E-state index contributed by atoms with van der Waals surface area (Å²) in [6.07, 6.45) is 0.780. The van der Waals surface area contributed by atoms with Crippen LogP contribution in [0.4, 0.5) is 0 Å². The fraction of sp³-hybridized carbons (Fsp3) is 0.462. The van der Waals surface area contributed by atoms with E-state index in [1.807, 2.05) is 0 Å². The Morgan fingerprint density at radius 3 is 2.86 bits per heavy atom. The lowest BCUT2D eigenvalue weighted by molar-refractivity contribution is 0.432. The van der Waals surface area contributed by atoms with E-state index in [9.17, 15) is 13.2 Å². The van der Waals surface area contributed by atoms with Crippen molar-refractivity contribution in [3.8, 4) is 0 Å². The Morgan fingerprint density at radius 2 is 2.05 bits per heavy atom. The zero-order chi connectivity index (χ0) is 15.0. The number of benzene rings is 1. The van der Waals surface area contributed by atoms with Crippen LogP contribution in [0.15, 0.2) is 32.3 Å². The monoisotopic (exact) mass is 311 g/mol. The number of nitrogens with zero attached hydrogens (tertiary/aromatic N) is 2. The molecule has 2 aromatic rings. The van der Waals surface area contributed by atoms with Gasteiger partial charge in [0.15, 0.2) is 5.58 Å². The first-order chi connectivity index (χ1) is 10.00. The van der Waals surface area contributed by atoms with Crippen molar-refractivity contribution < 1.29 is 12.8 Å². The molecule has 0 amide bonds. The lowest BCUT2D eigenvalue weighted by Crippen LogP contribution is -2.34. The van der Waals surface area contributed by atoms with Crippen molar-refractivity contribution in [1.29, 1.82) is 0 Å². The maximum absolute atomic E-state index is 12.6. The van der Waals surface area contributed by atoms with Gasteiger partial charge in [-0.1, -0.05) is 0 Å². The number of hydrogen-bond acceptors (Lipinski definition) is 5. The fourth-order valence-corrected chi connectivity index (χ4v) is 3.98. The first kappa shape index (κ1) is 14.3. The highest BCUT2D eigenvalue weighted by Gasteiger charge is 2.25. The molecule has 1 saturated heterocycles.